The Labute approximate surface area is 138 Å². The van der Waals surface area contributed by atoms with Gasteiger partial charge in [0.15, 0.2) is 5.82 Å². The predicted octanol–water partition coefficient (Wildman–Crippen LogP) is 2.09. The molecule has 2 aromatic heterocycles. The van der Waals surface area contributed by atoms with Crippen LogP contribution >= 0.6 is 11.3 Å². The van der Waals surface area contributed by atoms with Crippen LogP contribution in [0.1, 0.15) is 28.4 Å². The van der Waals surface area contributed by atoms with Crippen molar-refractivity contribution in [2.45, 2.75) is 33.1 Å². The molecule has 6 nitrogen and oxygen atoms in total. The van der Waals surface area contributed by atoms with Gasteiger partial charge in [-0.15, -0.1) is 10.2 Å². The van der Waals surface area contributed by atoms with Gasteiger partial charge in [-0.1, -0.05) is 35.6 Å². The molecule has 2 heterocycles. The van der Waals surface area contributed by atoms with Gasteiger partial charge in [0.25, 0.3) is 0 Å². The number of nitrogens with one attached hydrogen (secondary N) is 1. The normalized spacial score (nSPS) is 11.0. The summed E-state index contributed by atoms with van der Waals surface area (Å²) in [7, 11) is 0. The van der Waals surface area contributed by atoms with Gasteiger partial charge in [0, 0.05) is 19.4 Å². The summed E-state index contributed by atoms with van der Waals surface area (Å²) >= 11 is 1.51. The van der Waals surface area contributed by atoms with Crippen molar-refractivity contribution in [2.24, 2.45) is 0 Å². The molecule has 23 heavy (non-hydrogen) atoms. The van der Waals surface area contributed by atoms with Crippen molar-refractivity contribution in [2.75, 3.05) is 6.54 Å². The Balaban J connectivity index is 1.45. The van der Waals surface area contributed by atoms with Crippen LogP contribution in [0.15, 0.2) is 24.3 Å². The monoisotopic (exact) mass is 329 g/mol. The smallest absolute Gasteiger partial charge is 0.234 e. The zero-order chi connectivity index (χ0) is 16.2. The van der Waals surface area contributed by atoms with Crippen LogP contribution < -0.4 is 5.32 Å². The summed E-state index contributed by atoms with van der Waals surface area (Å²) in [6, 6.07) is 8.17. The lowest BCUT2D eigenvalue weighted by molar-refractivity contribution is -0.121. The molecule has 120 valence electrons. The molecule has 3 rings (SSSR count). The highest BCUT2D eigenvalue weighted by molar-refractivity contribution is 7.16. The zero-order valence-corrected chi connectivity index (χ0v) is 14.1. The fraction of sp³-hybridized carbons (Fsp3) is 0.375. The largest absolute Gasteiger partial charge is 0.356 e. The molecule has 0 saturated carbocycles. The highest BCUT2D eigenvalue weighted by atomic mass is 32.1. The van der Waals surface area contributed by atoms with Gasteiger partial charge in [-0.25, -0.2) is 0 Å². The molecule has 0 fully saturated rings. The quantitative estimate of drug-likeness (QED) is 0.752. The average Bonchev–Trinajstić information content (AvgIpc) is 3.09. The van der Waals surface area contributed by atoms with E-state index in [1.54, 1.807) is 4.52 Å². The molecule has 0 radical (unpaired) electrons. The standard InChI is InChI=1S/C16H19N5OS/c1-11-5-3-4-6-13(11)7-8-14(22)17-10-9-15-20-21-12(2)18-19-16(21)23-15/h3-6H,7-10H2,1-2H3,(H,17,22). The number of carbonyl (C=O) groups is 1. The number of carbonyl (C=O) groups excluding carboxylic acids is 1. The topological polar surface area (TPSA) is 72.2 Å². The third kappa shape index (κ3) is 3.73. The highest BCUT2D eigenvalue weighted by Gasteiger charge is 2.09. The first kappa shape index (κ1) is 15.6. The molecule has 0 aliphatic carbocycles. The van der Waals surface area contributed by atoms with Crippen LogP contribution in [0.2, 0.25) is 0 Å². The summed E-state index contributed by atoms with van der Waals surface area (Å²) < 4.78 is 1.74. The number of aromatic nitrogens is 4. The van der Waals surface area contributed by atoms with E-state index < -0.39 is 0 Å². The molecule has 1 N–H and O–H groups in total. The fourth-order valence-corrected chi connectivity index (χ4v) is 3.27. The van der Waals surface area contributed by atoms with Crippen LogP contribution in [0.25, 0.3) is 4.96 Å². The van der Waals surface area contributed by atoms with Crippen molar-refractivity contribution >= 4 is 22.2 Å². The summed E-state index contributed by atoms with van der Waals surface area (Å²) in [5.74, 6) is 0.859. The number of amides is 1. The van der Waals surface area contributed by atoms with Crippen molar-refractivity contribution in [3.8, 4) is 0 Å². The summed E-state index contributed by atoms with van der Waals surface area (Å²) in [5, 5.41) is 16.3. The molecule has 0 aliphatic rings. The van der Waals surface area contributed by atoms with E-state index in [1.807, 2.05) is 19.1 Å². The molecule has 0 spiro atoms. The van der Waals surface area contributed by atoms with Crippen molar-refractivity contribution in [1.82, 2.24) is 25.1 Å². The molecule has 3 aromatic rings. The lowest BCUT2D eigenvalue weighted by Gasteiger charge is -2.06. The van der Waals surface area contributed by atoms with Gasteiger partial charge in [-0.3, -0.25) is 4.79 Å². The lowest BCUT2D eigenvalue weighted by atomic mass is 10.0. The first-order valence-corrected chi connectivity index (χ1v) is 8.44. The van der Waals surface area contributed by atoms with E-state index in [-0.39, 0.29) is 5.91 Å². The van der Waals surface area contributed by atoms with Crippen LogP contribution in [0.4, 0.5) is 0 Å². The van der Waals surface area contributed by atoms with Gasteiger partial charge in [-0.05, 0) is 31.4 Å². The minimum atomic E-state index is 0.0763. The Hall–Kier alpha value is -2.28. The Morgan fingerprint density at radius 1 is 1.22 bits per heavy atom. The minimum absolute atomic E-state index is 0.0763. The Bertz CT molecular complexity index is 823. The van der Waals surface area contributed by atoms with Crippen LogP contribution in [0, 0.1) is 13.8 Å². The Morgan fingerprint density at radius 2 is 2.04 bits per heavy atom. The van der Waals surface area contributed by atoms with E-state index >= 15 is 0 Å². The van der Waals surface area contributed by atoms with Gasteiger partial charge in [0.1, 0.15) is 5.01 Å². The van der Waals surface area contributed by atoms with Crippen LogP contribution in [-0.4, -0.2) is 32.3 Å². The first-order chi connectivity index (χ1) is 11.1. The second-order valence-electron chi connectivity index (χ2n) is 5.46. The number of benzene rings is 1. The maximum absolute atomic E-state index is 11.9. The fourth-order valence-electron chi connectivity index (χ4n) is 2.39. The van der Waals surface area contributed by atoms with E-state index in [2.05, 4.69) is 39.7 Å². The highest BCUT2D eigenvalue weighted by Crippen LogP contribution is 2.13. The van der Waals surface area contributed by atoms with E-state index in [4.69, 9.17) is 0 Å². The van der Waals surface area contributed by atoms with Crippen molar-refractivity contribution < 1.29 is 4.79 Å². The summed E-state index contributed by atoms with van der Waals surface area (Å²) in [6.45, 7) is 4.54. The zero-order valence-electron chi connectivity index (χ0n) is 13.2. The van der Waals surface area contributed by atoms with Crippen molar-refractivity contribution in [1.29, 1.82) is 0 Å². The molecule has 0 aliphatic heterocycles. The molecule has 0 unspecified atom stereocenters. The summed E-state index contributed by atoms with van der Waals surface area (Å²) in [4.78, 5) is 12.7. The molecule has 7 heteroatoms. The van der Waals surface area contributed by atoms with Crippen LogP contribution in [0.3, 0.4) is 0 Å². The number of rotatable bonds is 6. The third-order valence-corrected chi connectivity index (χ3v) is 4.69. The van der Waals surface area contributed by atoms with E-state index in [1.165, 1.54) is 22.5 Å². The number of aryl methyl sites for hydroxylation is 3. The maximum Gasteiger partial charge on any atom is 0.234 e. The molecule has 0 saturated heterocycles. The summed E-state index contributed by atoms with van der Waals surface area (Å²) in [5.41, 5.74) is 2.46. The minimum Gasteiger partial charge on any atom is -0.356 e. The Kier molecular flexibility index (Phi) is 4.66. The lowest BCUT2D eigenvalue weighted by Crippen LogP contribution is -2.26. The van der Waals surface area contributed by atoms with Gasteiger partial charge in [0.2, 0.25) is 10.9 Å². The summed E-state index contributed by atoms with van der Waals surface area (Å²) in [6.07, 6.45) is 1.99. The van der Waals surface area contributed by atoms with E-state index in [9.17, 15) is 4.79 Å². The van der Waals surface area contributed by atoms with Gasteiger partial charge >= 0.3 is 0 Å². The van der Waals surface area contributed by atoms with Crippen molar-refractivity contribution in [3.63, 3.8) is 0 Å². The number of hydrogen-bond donors (Lipinski definition) is 1. The number of nitrogens with zero attached hydrogens (tertiary/aromatic N) is 4. The second-order valence-corrected chi connectivity index (χ2v) is 6.50. The van der Waals surface area contributed by atoms with Gasteiger partial charge < -0.3 is 5.32 Å². The molecular formula is C16H19N5OS. The average molecular weight is 329 g/mol. The van der Waals surface area contributed by atoms with Crippen LogP contribution in [-0.2, 0) is 17.6 Å². The molecule has 0 atom stereocenters. The van der Waals surface area contributed by atoms with Gasteiger partial charge in [-0.2, -0.15) is 9.61 Å². The first-order valence-electron chi connectivity index (χ1n) is 7.62. The Morgan fingerprint density at radius 3 is 2.83 bits per heavy atom. The SMILES string of the molecule is Cc1ccccc1CCC(=O)NCCc1nn2c(C)nnc2s1. The van der Waals surface area contributed by atoms with Crippen LogP contribution in [0.5, 0.6) is 0 Å². The van der Waals surface area contributed by atoms with Crippen molar-refractivity contribution in [3.05, 3.63) is 46.2 Å². The maximum atomic E-state index is 11.9. The molecule has 0 bridgehead atoms. The molecule has 1 aromatic carbocycles. The number of hydrogen-bond acceptors (Lipinski definition) is 5. The molecular weight excluding hydrogens is 310 g/mol. The van der Waals surface area contributed by atoms with Gasteiger partial charge in [0.05, 0.1) is 0 Å². The van der Waals surface area contributed by atoms with E-state index in [0.717, 1.165) is 22.2 Å². The predicted molar refractivity (Wildman–Crippen MR) is 89.6 cm³/mol. The second kappa shape index (κ2) is 6.87. The van der Waals surface area contributed by atoms with E-state index in [0.29, 0.717) is 19.4 Å². The molecule has 1 amide bonds. The third-order valence-electron chi connectivity index (χ3n) is 3.73. The number of fused-ring (bicyclic) bond motifs is 1.